The molecule has 8 heteroatoms. The Labute approximate surface area is 161 Å². The standard InChI is InChI=1S/C19H22FN5OS/c1-12(2)21-17(26)14-4-3-9-24(10-14)19-23-25-11-16(22-18(25)27-19)13-5-7-15(20)8-6-13/h5-8,11-12,14H,3-4,9-10H2,1-2H3,(H,21,26)/t14-/m1/s1. The number of anilines is 1. The van der Waals surface area contributed by atoms with Crippen LogP contribution in [0.1, 0.15) is 26.7 Å². The maximum Gasteiger partial charge on any atom is 0.225 e. The molecule has 1 N–H and O–H groups in total. The van der Waals surface area contributed by atoms with E-state index in [2.05, 4.69) is 20.3 Å². The molecule has 3 aromatic rings. The molecule has 6 nitrogen and oxygen atoms in total. The summed E-state index contributed by atoms with van der Waals surface area (Å²) in [6.07, 6.45) is 3.74. The molecular weight excluding hydrogens is 365 g/mol. The minimum absolute atomic E-state index is 0.00727. The molecule has 3 heterocycles. The number of nitrogens with zero attached hydrogens (tertiary/aromatic N) is 4. The van der Waals surface area contributed by atoms with Crippen LogP contribution in [-0.4, -0.2) is 39.6 Å². The third-order valence-corrected chi connectivity index (χ3v) is 5.65. The average Bonchev–Trinajstić information content (AvgIpc) is 3.21. The second-order valence-corrected chi connectivity index (χ2v) is 8.13. The van der Waals surface area contributed by atoms with Crippen LogP contribution >= 0.6 is 11.3 Å². The predicted molar refractivity (Wildman–Crippen MR) is 104 cm³/mol. The summed E-state index contributed by atoms with van der Waals surface area (Å²) in [5.74, 6) is -0.150. The van der Waals surface area contributed by atoms with E-state index < -0.39 is 0 Å². The molecule has 0 spiro atoms. The van der Waals surface area contributed by atoms with Gasteiger partial charge in [-0.3, -0.25) is 4.79 Å². The van der Waals surface area contributed by atoms with Gasteiger partial charge >= 0.3 is 0 Å². The molecule has 1 aliphatic rings. The van der Waals surface area contributed by atoms with Gasteiger partial charge in [0.1, 0.15) is 5.82 Å². The summed E-state index contributed by atoms with van der Waals surface area (Å²) in [6.45, 7) is 5.53. The van der Waals surface area contributed by atoms with E-state index in [1.165, 1.54) is 23.5 Å². The van der Waals surface area contributed by atoms with Gasteiger partial charge in [-0.25, -0.2) is 13.9 Å². The fourth-order valence-corrected chi connectivity index (χ4v) is 4.26. The number of fused-ring (bicyclic) bond motifs is 1. The molecule has 0 radical (unpaired) electrons. The molecule has 0 bridgehead atoms. The summed E-state index contributed by atoms with van der Waals surface area (Å²) in [4.78, 5) is 19.9. The minimum atomic E-state index is -0.263. The maximum atomic E-state index is 13.1. The molecule has 1 aliphatic heterocycles. The quantitative estimate of drug-likeness (QED) is 0.746. The zero-order valence-electron chi connectivity index (χ0n) is 15.4. The summed E-state index contributed by atoms with van der Waals surface area (Å²) in [5, 5.41) is 8.54. The number of benzene rings is 1. The van der Waals surface area contributed by atoms with Crippen LogP contribution in [0.5, 0.6) is 0 Å². The lowest BCUT2D eigenvalue weighted by atomic mass is 9.97. The molecule has 1 aromatic carbocycles. The molecule has 0 saturated carbocycles. The van der Waals surface area contributed by atoms with Gasteiger partial charge in [0.25, 0.3) is 0 Å². The molecule has 0 aliphatic carbocycles. The van der Waals surface area contributed by atoms with Gasteiger partial charge in [0.05, 0.1) is 17.8 Å². The van der Waals surface area contributed by atoms with Crippen LogP contribution in [0.4, 0.5) is 9.52 Å². The number of rotatable bonds is 4. The minimum Gasteiger partial charge on any atom is -0.354 e. The smallest absolute Gasteiger partial charge is 0.225 e. The fourth-order valence-electron chi connectivity index (χ4n) is 3.34. The first-order chi connectivity index (χ1) is 13.0. The Morgan fingerprint density at radius 1 is 1.33 bits per heavy atom. The summed E-state index contributed by atoms with van der Waals surface area (Å²) in [6, 6.07) is 6.44. The number of carbonyl (C=O) groups excluding carboxylic acids is 1. The van der Waals surface area contributed by atoms with E-state index in [1.54, 1.807) is 16.6 Å². The summed E-state index contributed by atoms with van der Waals surface area (Å²) in [5.41, 5.74) is 1.63. The number of piperidine rings is 1. The van der Waals surface area contributed by atoms with Gasteiger partial charge in [-0.1, -0.05) is 11.3 Å². The Hall–Kier alpha value is -2.48. The van der Waals surface area contributed by atoms with Crippen LogP contribution in [0, 0.1) is 11.7 Å². The highest BCUT2D eigenvalue weighted by molar-refractivity contribution is 7.20. The average molecular weight is 387 g/mol. The van der Waals surface area contributed by atoms with Crippen LogP contribution in [0.15, 0.2) is 30.5 Å². The molecule has 142 valence electrons. The van der Waals surface area contributed by atoms with E-state index in [1.807, 2.05) is 20.0 Å². The molecule has 1 saturated heterocycles. The lowest BCUT2D eigenvalue weighted by Crippen LogP contribution is -2.44. The lowest BCUT2D eigenvalue weighted by Gasteiger charge is -2.31. The SMILES string of the molecule is CC(C)NC(=O)[C@@H]1CCCN(c2nn3cc(-c4ccc(F)cc4)nc3s2)C1. The zero-order chi connectivity index (χ0) is 19.0. The van der Waals surface area contributed by atoms with Crippen molar-refractivity contribution in [3.8, 4) is 11.3 Å². The normalized spacial score (nSPS) is 17.6. The topological polar surface area (TPSA) is 62.5 Å². The van der Waals surface area contributed by atoms with Crippen LogP contribution in [0.2, 0.25) is 0 Å². The highest BCUT2D eigenvalue weighted by atomic mass is 32.1. The Morgan fingerprint density at radius 3 is 2.81 bits per heavy atom. The van der Waals surface area contributed by atoms with E-state index in [0.29, 0.717) is 6.54 Å². The van der Waals surface area contributed by atoms with Crippen molar-refractivity contribution >= 4 is 27.3 Å². The maximum absolute atomic E-state index is 13.1. The van der Waals surface area contributed by atoms with E-state index in [4.69, 9.17) is 0 Å². The van der Waals surface area contributed by atoms with Crippen LogP contribution < -0.4 is 10.2 Å². The van der Waals surface area contributed by atoms with E-state index in [9.17, 15) is 9.18 Å². The fraction of sp³-hybridized carbons (Fsp3) is 0.421. The number of imidazole rings is 1. The Balaban J connectivity index is 1.51. The molecule has 1 fully saturated rings. The number of hydrogen-bond donors (Lipinski definition) is 1. The number of hydrogen-bond acceptors (Lipinski definition) is 5. The number of halogens is 1. The van der Waals surface area contributed by atoms with Gasteiger partial charge in [0, 0.05) is 24.7 Å². The first-order valence-electron chi connectivity index (χ1n) is 9.17. The van der Waals surface area contributed by atoms with E-state index in [0.717, 1.165) is 40.7 Å². The largest absolute Gasteiger partial charge is 0.354 e. The van der Waals surface area contributed by atoms with Crippen molar-refractivity contribution in [1.29, 1.82) is 0 Å². The highest BCUT2D eigenvalue weighted by Crippen LogP contribution is 2.29. The highest BCUT2D eigenvalue weighted by Gasteiger charge is 2.28. The number of aromatic nitrogens is 3. The van der Waals surface area contributed by atoms with Crippen molar-refractivity contribution in [1.82, 2.24) is 19.9 Å². The van der Waals surface area contributed by atoms with E-state index >= 15 is 0 Å². The monoisotopic (exact) mass is 387 g/mol. The zero-order valence-corrected chi connectivity index (χ0v) is 16.2. The molecule has 27 heavy (non-hydrogen) atoms. The first kappa shape index (κ1) is 17.9. The number of amides is 1. The molecule has 1 amide bonds. The summed E-state index contributed by atoms with van der Waals surface area (Å²) >= 11 is 1.51. The predicted octanol–water partition coefficient (Wildman–Crippen LogP) is 3.34. The third kappa shape index (κ3) is 3.80. The third-order valence-electron chi connectivity index (χ3n) is 4.67. The van der Waals surface area contributed by atoms with Crippen molar-refractivity contribution in [2.45, 2.75) is 32.7 Å². The second-order valence-electron chi connectivity index (χ2n) is 7.19. The van der Waals surface area contributed by atoms with Crippen molar-refractivity contribution in [2.24, 2.45) is 5.92 Å². The number of carbonyl (C=O) groups is 1. The van der Waals surface area contributed by atoms with Gasteiger partial charge in [-0.2, -0.15) is 0 Å². The lowest BCUT2D eigenvalue weighted by molar-refractivity contribution is -0.125. The summed E-state index contributed by atoms with van der Waals surface area (Å²) < 4.78 is 14.9. The van der Waals surface area contributed by atoms with Crippen LogP contribution in [-0.2, 0) is 4.79 Å². The first-order valence-corrected chi connectivity index (χ1v) is 9.99. The molecule has 4 rings (SSSR count). The van der Waals surface area contributed by atoms with Crippen LogP contribution in [0.3, 0.4) is 0 Å². The van der Waals surface area contributed by atoms with Gasteiger partial charge in [0.2, 0.25) is 16.0 Å². The Kier molecular flexibility index (Phi) is 4.82. The van der Waals surface area contributed by atoms with E-state index in [-0.39, 0.29) is 23.7 Å². The van der Waals surface area contributed by atoms with Crippen molar-refractivity contribution in [3.05, 3.63) is 36.3 Å². The second kappa shape index (κ2) is 7.26. The molecule has 2 aromatic heterocycles. The molecule has 0 unspecified atom stereocenters. The van der Waals surface area contributed by atoms with Crippen molar-refractivity contribution < 1.29 is 9.18 Å². The van der Waals surface area contributed by atoms with Crippen molar-refractivity contribution in [3.63, 3.8) is 0 Å². The van der Waals surface area contributed by atoms with Crippen LogP contribution in [0.25, 0.3) is 16.2 Å². The molecule has 1 atom stereocenters. The van der Waals surface area contributed by atoms with Gasteiger partial charge < -0.3 is 10.2 Å². The van der Waals surface area contributed by atoms with Gasteiger partial charge in [-0.15, -0.1) is 5.10 Å². The summed E-state index contributed by atoms with van der Waals surface area (Å²) in [7, 11) is 0. The van der Waals surface area contributed by atoms with Crippen molar-refractivity contribution in [2.75, 3.05) is 18.0 Å². The number of nitrogens with one attached hydrogen (secondary N) is 1. The Bertz CT molecular complexity index is 917. The molecular formula is C19H22FN5OS. The Morgan fingerprint density at radius 2 is 2.11 bits per heavy atom. The van der Waals surface area contributed by atoms with Gasteiger partial charge in [-0.05, 0) is 51.0 Å². The van der Waals surface area contributed by atoms with Gasteiger partial charge in [0.15, 0.2) is 0 Å².